The number of ether oxygens (including phenoxy) is 1. The molecule has 1 fully saturated rings. The second-order valence-electron chi connectivity index (χ2n) is 3.73. The molecule has 3 nitrogen and oxygen atoms in total. The number of nitrogens with two attached hydrogens (primary N) is 1. The first kappa shape index (κ1) is 10.5. The van der Waals surface area contributed by atoms with E-state index >= 15 is 0 Å². The third kappa shape index (κ3) is 4.27. The normalized spacial score (nSPS) is 18.5. The van der Waals surface area contributed by atoms with Crippen molar-refractivity contribution in [3.63, 3.8) is 0 Å². The molecule has 2 N–H and O–H groups in total. The Labute approximate surface area is 79.6 Å². The lowest BCUT2D eigenvalue weighted by Crippen LogP contribution is -2.14. The molecule has 0 unspecified atom stereocenters. The van der Waals surface area contributed by atoms with Crippen molar-refractivity contribution < 1.29 is 9.53 Å². The Bertz CT molecular complexity index is 153. The van der Waals surface area contributed by atoms with Crippen molar-refractivity contribution in [1.82, 2.24) is 0 Å². The molecule has 76 valence electrons. The van der Waals surface area contributed by atoms with E-state index in [0.717, 1.165) is 12.3 Å². The fourth-order valence-electron chi connectivity index (χ4n) is 1.96. The van der Waals surface area contributed by atoms with Gasteiger partial charge in [-0.05, 0) is 12.3 Å². The maximum absolute atomic E-state index is 11.0. The molecule has 0 bridgehead atoms. The van der Waals surface area contributed by atoms with Crippen LogP contribution in [0.5, 0.6) is 0 Å². The molecular weight excluding hydrogens is 166 g/mol. The smallest absolute Gasteiger partial charge is 0.307 e. The SMILES string of the molecule is NCOC(=O)CCC1CCCCC1. The van der Waals surface area contributed by atoms with Gasteiger partial charge in [0.2, 0.25) is 0 Å². The molecule has 1 aliphatic rings. The number of esters is 1. The summed E-state index contributed by atoms with van der Waals surface area (Å²) in [6, 6.07) is 0. The van der Waals surface area contributed by atoms with E-state index in [0.29, 0.717) is 6.42 Å². The van der Waals surface area contributed by atoms with Crippen LogP contribution >= 0.6 is 0 Å². The number of carbonyl (C=O) groups excluding carboxylic acids is 1. The summed E-state index contributed by atoms with van der Waals surface area (Å²) >= 11 is 0. The molecule has 1 rings (SSSR count). The van der Waals surface area contributed by atoms with Crippen LogP contribution in [0.3, 0.4) is 0 Å². The third-order valence-corrected chi connectivity index (χ3v) is 2.73. The van der Waals surface area contributed by atoms with Crippen LogP contribution in [0.2, 0.25) is 0 Å². The summed E-state index contributed by atoms with van der Waals surface area (Å²) in [5.41, 5.74) is 5.10. The van der Waals surface area contributed by atoms with Crippen LogP contribution in [0, 0.1) is 5.92 Å². The van der Waals surface area contributed by atoms with Gasteiger partial charge in [0.25, 0.3) is 0 Å². The van der Waals surface area contributed by atoms with Crippen molar-refractivity contribution in [3.05, 3.63) is 0 Å². The number of carbonyl (C=O) groups is 1. The molecule has 0 aromatic rings. The molecule has 1 saturated carbocycles. The Morgan fingerprint density at radius 2 is 2.00 bits per heavy atom. The molecule has 0 amide bonds. The van der Waals surface area contributed by atoms with Crippen LogP contribution in [-0.4, -0.2) is 12.7 Å². The minimum absolute atomic E-state index is 0.0174. The van der Waals surface area contributed by atoms with Gasteiger partial charge < -0.3 is 4.74 Å². The molecule has 0 spiro atoms. The standard InChI is InChI=1S/C10H19NO2/c11-8-13-10(12)7-6-9-4-2-1-3-5-9/h9H,1-8,11H2. The first-order chi connectivity index (χ1) is 6.33. The van der Waals surface area contributed by atoms with Crippen LogP contribution in [0.25, 0.3) is 0 Å². The Morgan fingerprint density at radius 1 is 1.31 bits per heavy atom. The van der Waals surface area contributed by atoms with Gasteiger partial charge in [0.05, 0.1) is 0 Å². The van der Waals surface area contributed by atoms with Gasteiger partial charge in [-0.1, -0.05) is 32.1 Å². The van der Waals surface area contributed by atoms with E-state index in [2.05, 4.69) is 4.74 Å². The number of rotatable bonds is 4. The molecule has 0 aromatic carbocycles. The van der Waals surface area contributed by atoms with Gasteiger partial charge >= 0.3 is 5.97 Å². The van der Waals surface area contributed by atoms with E-state index < -0.39 is 0 Å². The van der Waals surface area contributed by atoms with Crippen molar-refractivity contribution in [2.75, 3.05) is 6.73 Å². The van der Waals surface area contributed by atoms with Crippen LogP contribution in [0.4, 0.5) is 0 Å². The molecule has 3 heteroatoms. The highest BCUT2D eigenvalue weighted by atomic mass is 16.5. The summed E-state index contributed by atoms with van der Waals surface area (Å²) in [6.45, 7) is 0.0174. The highest BCUT2D eigenvalue weighted by Crippen LogP contribution is 2.27. The fraction of sp³-hybridized carbons (Fsp3) is 0.900. The van der Waals surface area contributed by atoms with Gasteiger partial charge in [-0.2, -0.15) is 0 Å². The predicted molar refractivity (Wildman–Crippen MR) is 51.0 cm³/mol. The molecule has 0 aromatic heterocycles. The molecule has 0 saturated heterocycles. The van der Waals surface area contributed by atoms with Crippen LogP contribution in [-0.2, 0) is 9.53 Å². The largest absolute Gasteiger partial charge is 0.450 e. The maximum Gasteiger partial charge on any atom is 0.307 e. The quantitative estimate of drug-likeness (QED) is 0.536. The van der Waals surface area contributed by atoms with E-state index in [4.69, 9.17) is 5.73 Å². The lowest BCUT2D eigenvalue weighted by atomic mass is 9.86. The van der Waals surface area contributed by atoms with Crippen molar-refractivity contribution >= 4 is 5.97 Å². The predicted octanol–water partition coefficient (Wildman–Crippen LogP) is 1.81. The lowest BCUT2D eigenvalue weighted by Gasteiger charge is -2.20. The van der Waals surface area contributed by atoms with Crippen molar-refractivity contribution in [2.45, 2.75) is 44.9 Å². The molecule has 0 heterocycles. The van der Waals surface area contributed by atoms with Crippen molar-refractivity contribution in [1.29, 1.82) is 0 Å². The summed E-state index contributed by atoms with van der Waals surface area (Å²) in [5.74, 6) is 0.604. The number of hydrogen-bond acceptors (Lipinski definition) is 3. The average molecular weight is 185 g/mol. The van der Waals surface area contributed by atoms with Gasteiger partial charge in [-0.15, -0.1) is 0 Å². The third-order valence-electron chi connectivity index (χ3n) is 2.73. The van der Waals surface area contributed by atoms with E-state index in [1.165, 1.54) is 32.1 Å². The Morgan fingerprint density at radius 3 is 2.62 bits per heavy atom. The molecule has 13 heavy (non-hydrogen) atoms. The Hall–Kier alpha value is -0.570. The Kier molecular flexibility index (Phi) is 4.83. The zero-order valence-electron chi connectivity index (χ0n) is 8.13. The first-order valence-electron chi connectivity index (χ1n) is 5.18. The monoisotopic (exact) mass is 185 g/mol. The van der Waals surface area contributed by atoms with E-state index in [1.54, 1.807) is 0 Å². The van der Waals surface area contributed by atoms with Gasteiger partial charge in [-0.25, -0.2) is 0 Å². The summed E-state index contributed by atoms with van der Waals surface area (Å²) in [5, 5.41) is 0. The molecule has 1 aliphatic carbocycles. The molecule has 0 aliphatic heterocycles. The van der Waals surface area contributed by atoms with E-state index in [9.17, 15) is 4.79 Å². The average Bonchev–Trinajstić information content (AvgIpc) is 2.17. The summed E-state index contributed by atoms with van der Waals surface area (Å²) in [7, 11) is 0. The second kappa shape index (κ2) is 5.97. The topological polar surface area (TPSA) is 52.3 Å². The zero-order valence-corrected chi connectivity index (χ0v) is 8.13. The van der Waals surface area contributed by atoms with Crippen LogP contribution < -0.4 is 5.73 Å². The number of hydrogen-bond donors (Lipinski definition) is 1. The molecule has 0 atom stereocenters. The van der Waals surface area contributed by atoms with Gasteiger partial charge in [0, 0.05) is 6.42 Å². The minimum atomic E-state index is -0.145. The fourth-order valence-corrected chi connectivity index (χ4v) is 1.96. The summed E-state index contributed by atoms with van der Waals surface area (Å²) < 4.78 is 4.67. The lowest BCUT2D eigenvalue weighted by molar-refractivity contribution is -0.143. The summed E-state index contributed by atoms with van der Waals surface area (Å²) in [6.07, 6.45) is 8.13. The first-order valence-corrected chi connectivity index (χ1v) is 5.18. The summed E-state index contributed by atoms with van der Waals surface area (Å²) in [4.78, 5) is 11.0. The van der Waals surface area contributed by atoms with Gasteiger partial charge in [0.1, 0.15) is 6.73 Å². The van der Waals surface area contributed by atoms with Crippen LogP contribution in [0.1, 0.15) is 44.9 Å². The maximum atomic E-state index is 11.0. The van der Waals surface area contributed by atoms with Crippen LogP contribution in [0.15, 0.2) is 0 Å². The minimum Gasteiger partial charge on any atom is -0.450 e. The van der Waals surface area contributed by atoms with Gasteiger partial charge in [0.15, 0.2) is 0 Å². The second-order valence-corrected chi connectivity index (χ2v) is 3.73. The van der Waals surface area contributed by atoms with E-state index in [1.807, 2.05) is 0 Å². The molecule has 0 radical (unpaired) electrons. The highest BCUT2D eigenvalue weighted by Gasteiger charge is 2.14. The van der Waals surface area contributed by atoms with Crippen molar-refractivity contribution in [3.8, 4) is 0 Å². The van der Waals surface area contributed by atoms with Gasteiger partial charge in [-0.3, -0.25) is 10.5 Å². The van der Waals surface area contributed by atoms with E-state index in [-0.39, 0.29) is 12.7 Å². The molecular formula is C10H19NO2. The van der Waals surface area contributed by atoms with Crippen molar-refractivity contribution in [2.24, 2.45) is 11.7 Å². The highest BCUT2D eigenvalue weighted by molar-refractivity contribution is 5.69. The Balaban J connectivity index is 2.06. The zero-order chi connectivity index (χ0) is 9.52.